The van der Waals surface area contributed by atoms with E-state index in [1.807, 2.05) is 0 Å². The molecule has 0 heterocycles. The Morgan fingerprint density at radius 1 is 1.40 bits per heavy atom. The average Bonchev–Trinajstić information content (AvgIpc) is 2.23. The first-order valence-corrected chi connectivity index (χ1v) is 4.27. The van der Waals surface area contributed by atoms with Crippen LogP contribution in [0.4, 0.5) is 14.5 Å². The van der Waals surface area contributed by atoms with Gasteiger partial charge in [0.25, 0.3) is 0 Å². The summed E-state index contributed by atoms with van der Waals surface area (Å²) in [5.41, 5.74) is 6.18. The Hall–Kier alpha value is -1.65. The highest BCUT2D eigenvalue weighted by atomic mass is 19.2. The van der Waals surface area contributed by atoms with Crippen molar-refractivity contribution in [3.05, 3.63) is 41.6 Å². The minimum absolute atomic E-state index is 0.226. The van der Waals surface area contributed by atoms with Crippen molar-refractivity contribution >= 4 is 19.7 Å². The van der Waals surface area contributed by atoms with E-state index in [-0.39, 0.29) is 6.32 Å². The lowest BCUT2D eigenvalue weighted by Crippen LogP contribution is -1.95. The van der Waals surface area contributed by atoms with Crippen LogP contribution in [0.25, 0.3) is 0 Å². The molecule has 0 bridgehead atoms. The summed E-state index contributed by atoms with van der Waals surface area (Å²) < 4.78 is 25.3. The molecule has 2 radical (unpaired) electrons. The highest BCUT2D eigenvalue weighted by Gasteiger charge is 1.99. The first-order chi connectivity index (χ1) is 7.13. The predicted molar refractivity (Wildman–Crippen MR) is 57.3 cm³/mol. The SMILES string of the molecule is [B]C/C(N)=C/C=Nc1ccc(F)c(F)c1. The average molecular weight is 206 g/mol. The number of hydrogen-bond acceptors (Lipinski definition) is 2. The molecule has 1 aromatic rings. The first-order valence-electron chi connectivity index (χ1n) is 4.27. The number of aliphatic imine (C=N–C) groups is 1. The molecular formula is C10H9BF2N2. The normalized spacial score (nSPS) is 12.3. The quantitative estimate of drug-likeness (QED) is 0.596. The summed E-state index contributed by atoms with van der Waals surface area (Å²) in [5, 5.41) is 0. The molecule has 5 heteroatoms. The number of rotatable bonds is 3. The van der Waals surface area contributed by atoms with E-state index in [2.05, 4.69) is 4.99 Å². The smallest absolute Gasteiger partial charge is 0.160 e. The lowest BCUT2D eigenvalue weighted by molar-refractivity contribution is 0.509. The van der Waals surface area contributed by atoms with E-state index in [0.29, 0.717) is 11.4 Å². The number of halogens is 2. The highest BCUT2D eigenvalue weighted by molar-refractivity contribution is 6.10. The van der Waals surface area contributed by atoms with Crippen LogP contribution in [0.15, 0.2) is 35.0 Å². The molecule has 1 aromatic carbocycles. The van der Waals surface area contributed by atoms with Crippen LogP contribution in [0, 0.1) is 11.6 Å². The summed E-state index contributed by atoms with van der Waals surface area (Å²) in [6.45, 7) is 0. The van der Waals surface area contributed by atoms with E-state index < -0.39 is 11.6 Å². The Kier molecular flexibility index (Phi) is 4.03. The maximum atomic E-state index is 12.7. The zero-order valence-corrected chi connectivity index (χ0v) is 7.95. The van der Waals surface area contributed by atoms with E-state index >= 15 is 0 Å². The minimum atomic E-state index is -0.930. The molecule has 0 amide bonds. The Morgan fingerprint density at radius 3 is 2.73 bits per heavy atom. The monoisotopic (exact) mass is 206 g/mol. The Labute approximate surface area is 87.9 Å². The second-order valence-electron chi connectivity index (χ2n) is 2.82. The van der Waals surface area contributed by atoms with Crippen molar-refractivity contribution in [1.29, 1.82) is 0 Å². The second-order valence-corrected chi connectivity index (χ2v) is 2.82. The van der Waals surface area contributed by atoms with Crippen LogP contribution in [0.5, 0.6) is 0 Å². The van der Waals surface area contributed by atoms with Gasteiger partial charge in [-0.25, -0.2) is 8.78 Å². The van der Waals surface area contributed by atoms with Crippen molar-refractivity contribution in [2.75, 3.05) is 0 Å². The van der Waals surface area contributed by atoms with Crippen molar-refractivity contribution in [2.45, 2.75) is 6.32 Å². The summed E-state index contributed by atoms with van der Waals surface area (Å²) in [7, 11) is 5.23. The number of allylic oxidation sites excluding steroid dienone is 2. The van der Waals surface area contributed by atoms with Gasteiger partial charge in [-0.3, -0.25) is 4.99 Å². The molecule has 76 valence electrons. The van der Waals surface area contributed by atoms with Crippen LogP contribution in [-0.4, -0.2) is 14.1 Å². The Morgan fingerprint density at radius 2 is 2.13 bits per heavy atom. The molecule has 0 atom stereocenters. The van der Waals surface area contributed by atoms with E-state index in [1.54, 1.807) is 0 Å². The third kappa shape index (κ3) is 3.54. The standard InChI is InChI=1S/C10H9BF2N2/c11-6-7(14)3-4-15-8-1-2-9(12)10(13)5-8/h1-5H,6,14H2/b7-3-,15-4?. The molecule has 0 saturated heterocycles. The molecule has 0 saturated carbocycles. The number of benzene rings is 1. The van der Waals surface area contributed by atoms with Crippen molar-refractivity contribution in [1.82, 2.24) is 0 Å². The van der Waals surface area contributed by atoms with Gasteiger partial charge in [-0.15, -0.1) is 0 Å². The number of hydrogen-bond donors (Lipinski definition) is 1. The predicted octanol–water partition coefficient (Wildman–Crippen LogP) is 2.10. The summed E-state index contributed by atoms with van der Waals surface area (Å²) in [4.78, 5) is 3.85. The van der Waals surface area contributed by atoms with Gasteiger partial charge in [-0.05, 0) is 24.5 Å². The van der Waals surface area contributed by atoms with Crippen LogP contribution in [-0.2, 0) is 0 Å². The fourth-order valence-electron chi connectivity index (χ4n) is 0.852. The van der Waals surface area contributed by atoms with Crippen LogP contribution < -0.4 is 5.73 Å². The molecule has 2 nitrogen and oxygen atoms in total. The van der Waals surface area contributed by atoms with Gasteiger partial charge in [0, 0.05) is 18.0 Å². The fourth-order valence-corrected chi connectivity index (χ4v) is 0.852. The van der Waals surface area contributed by atoms with E-state index in [1.165, 1.54) is 18.4 Å². The molecule has 0 aliphatic carbocycles. The molecule has 2 N–H and O–H groups in total. The van der Waals surface area contributed by atoms with Gasteiger partial charge >= 0.3 is 0 Å². The highest BCUT2D eigenvalue weighted by Crippen LogP contribution is 2.15. The van der Waals surface area contributed by atoms with Crippen molar-refractivity contribution in [3.8, 4) is 0 Å². The lowest BCUT2D eigenvalue weighted by Gasteiger charge is -1.94. The first kappa shape index (κ1) is 11.4. The summed E-state index contributed by atoms with van der Waals surface area (Å²) in [6.07, 6.45) is 3.11. The van der Waals surface area contributed by atoms with E-state index in [4.69, 9.17) is 13.6 Å². The van der Waals surface area contributed by atoms with Gasteiger partial charge in [0.1, 0.15) is 0 Å². The lowest BCUT2D eigenvalue weighted by atomic mass is 10.0. The maximum Gasteiger partial charge on any atom is 0.160 e. The molecule has 0 unspecified atom stereocenters. The molecule has 15 heavy (non-hydrogen) atoms. The van der Waals surface area contributed by atoms with Gasteiger partial charge in [-0.2, -0.15) is 0 Å². The van der Waals surface area contributed by atoms with Gasteiger partial charge in [0.2, 0.25) is 0 Å². The molecule has 0 aromatic heterocycles. The Balaban J connectivity index is 2.77. The van der Waals surface area contributed by atoms with Gasteiger partial charge in [0.15, 0.2) is 11.6 Å². The third-order valence-electron chi connectivity index (χ3n) is 1.65. The summed E-state index contributed by atoms with van der Waals surface area (Å²) >= 11 is 0. The largest absolute Gasteiger partial charge is 0.403 e. The van der Waals surface area contributed by atoms with Gasteiger partial charge in [-0.1, -0.05) is 0 Å². The fraction of sp³-hybridized carbons (Fsp3) is 0.100. The van der Waals surface area contributed by atoms with Crippen LogP contribution >= 0.6 is 0 Å². The molecular weight excluding hydrogens is 197 g/mol. The molecule has 0 aliphatic rings. The zero-order chi connectivity index (χ0) is 11.3. The summed E-state index contributed by atoms with van der Waals surface area (Å²) in [6, 6.07) is 3.37. The molecule has 0 spiro atoms. The van der Waals surface area contributed by atoms with Crippen molar-refractivity contribution in [3.63, 3.8) is 0 Å². The van der Waals surface area contributed by atoms with Crippen molar-refractivity contribution in [2.24, 2.45) is 10.7 Å². The van der Waals surface area contributed by atoms with Crippen LogP contribution in [0.1, 0.15) is 0 Å². The van der Waals surface area contributed by atoms with Crippen molar-refractivity contribution < 1.29 is 8.78 Å². The molecule has 1 rings (SSSR count). The number of nitrogens with two attached hydrogens (primary N) is 1. The Bertz CT molecular complexity index is 402. The molecule has 0 fully saturated rings. The van der Waals surface area contributed by atoms with E-state index in [0.717, 1.165) is 12.1 Å². The molecule has 0 aliphatic heterocycles. The maximum absolute atomic E-state index is 12.7. The van der Waals surface area contributed by atoms with Gasteiger partial charge < -0.3 is 5.73 Å². The minimum Gasteiger partial charge on any atom is -0.403 e. The zero-order valence-electron chi connectivity index (χ0n) is 7.95. The van der Waals surface area contributed by atoms with Crippen LogP contribution in [0.2, 0.25) is 6.32 Å². The van der Waals surface area contributed by atoms with Crippen LogP contribution in [0.3, 0.4) is 0 Å². The summed E-state index contributed by atoms with van der Waals surface area (Å²) in [5.74, 6) is -1.83. The van der Waals surface area contributed by atoms with E-state index in [9.17, 15) is 8.78 Å². The number of nitrogens with zero attached hydrogens (tertiary/aromatic N) is 1. The topological polar surface area (TPSA) is 38.4 Å². The van der Waals surface area contributed by atoms with Gasteiger partial charge in [0.05, 0.1) is 13.5 Å². The third-order valence-corrected chi connectivity index (χ3v) is 1.65. The second kappa shape index (κ2) is 5.29.